The second-order valence-electron chi connectivity index (χ2n) is 7.52. The van der Waals surface area contributed by atoms with E-state index in [-0.39, 0.29) is 6.10 Å². The largest absolute Gasteiger partial charge is 0.411 e. The number of fused-ring (bicyclic) bond motifs is 2. The van der Waals surface area contributed by atoms with Crippen LogP contribution in [0.5, 0.6) is 0 Å². The summed E-state index contributed by atoms with van der Waals surface area (Å²) in [5, 5.41) is 36.6. The summed E-state index contributed by atoms with van der Waals surface area (Å²) in [4.78, 5) is 7.87. The molecule has 0 spiro atoms. The fourth-order valence-corrected chi connectivity index (χ4v) is 4.48. The molecule has 1 aliphatic heterocycles. The van der Waals surface area contributed by atoms with Gasteiger partial charge in [-0.15, -0.1) is 10.2 Å². The quantitative estimate of drug-likeness (QED) is 0.286. The van der Waals surface area contributed by atoms with Crippen molar-refractivity contribution in [1.82, 2.24) is 24.8 Å². The standard InChI is InChI=1S/C21H21N7O2S/c1-13(26-30)18-4-5-20-23-24-21(28(20)25-18)31-17-2-3-19-14(11-17)10-15(12-22-19)27-8-6-16(29)7-9-27/h2-5,10-12,16,29-30H,6-9H2,1H3/b26-13-. The van der Waals surface area contributed by atoms with Gasteiger partial charge in [-0.1, -0.05) is 5.16 Å². The lowest BCUT2D eigenvalue weighted by molar-refractivity contribution is 0.145. The van der Waals surface area contributed by atoms with E-state index in [0.717, 1.165) is 47.4 Å². The van der Waals surface area contributed by atoms with Crippen molar-refractivity contribution < 1.29 is 10.3 Å². The van der Waals surface area contributed by atoms with Gasteiger partial charge in [-0.25, -0.2) is 0 Å². The highest BCUT2D eigenvalue weighted by atomic mass is 32.2. The molecular formula is C21H21N7O2S. The molecule has 1 saturated heterocycles. The summed E-state index contributed by atoms with van der Waals surface area (Å²) < 4.78 is 1.65. The molecule has 31 heavy (non-hydrogen) atoms. The lowest BCUT2D eigenvalue weighted by Gasteiger charge is -2.31. The van der Waals surface area contributed by atoms with Crippen molar-refractivity contribution in [3.05, 3.63) is 48.3 Å². The van der Waals surface area contributed by atoms with E-state index < -0.39 is 0 Å². The molecule has 1 aliphatic rings. The zero-order valence-corrected chi connectivity index (χ0v) is 17.7. The minimum atomic E-state index is -0.202. The van der Waals surface area contributed by atoms with Gasteiger partial charge in [-0.05, 0) is 67.9 Å². The number of hydrogen-bond donors (Lipinski definition) is 2. The highest BCUT2D eigenvalue weighted by Crippen LogP contribution is 2.30. The van der Waals surface area contributed by atoms with Gasteiger partial charge in [-0.3, -0.25) is 4.98 Å². The number of piperidine rings is 1. The number of aromatic nitrogens is 5. The summed E-state index contributed by atoms with van der Waals surface area (Å²) in [7, 11) is 0. The Bertz CT molecular complexity index is 1280. The average Bonchev–Trinajstić information content (AvgIpc) is 3.20. The molecule has 5 rings (SSSR count). The molecule has 0 radical (unpaired) electrons. The first kappa shape index (κ1) is 19.7. The van der Waals surface area contributed by atoms with Crippen LogP contribution in [0.3, 0.4) is 0 Å². The summed E-state index contributed by atoms with van der Waals surface area (Å²) in [6, 6.07) is 11.8. The highest BCUT2D eigenvalue weighted by Gasteiger charge is 2.18. The Hall–Kier alpha value is -3.24. The van der Waals surface area contributed by atoms with E-state index in [2.05, 4.69) is 42.5 Å². The Labute approximate surface area is 182 Å². The van der Waals surface area contributed by atoms with Crippen molar-refractivity contribution in [2.45, 2.75) is 35.9 Å². The first-order valence-corrected chi connectivity index (χ1v) is 10.8. The van der Waals surface area contributed by atoms with Crippen LogP contribution in [-0.2, 0) is 0 Å². The summed E-state index contributed by atoms with van der Waals surface area (Å²) in [5.41, 5.74) is 3.58. The van der Waals surface area contributed by atoms with Crippen molar-refractivity contribution in [1.29, 1.82) is 0 Å². The molecule has 0 aliphatic carbocycles. The van der Waals surface area contributed by atoms with E-state index in [4.69, 9.17) is 5.21 Å². The normalized spacial score (nSPS) is 15.8. The van der Waals surface area contributed by atoms with Gasteiger partial charge < -0.3 is 15.2 Å². The third-order valence-electron chi connectivity index (χ3n) is 5.43. The maximum absolute atomic E-state index is 9.76. The van der Waals surface area contributed by atoms with Crippen molar-refractivity contribution in [2.24, 2.45) is 5.16 Å². The second kappa shape index (κ2) is 8.12. The summed E-state index contributed by atoms with van der Waals surface area (Å²) in [6.07, 6.45) is 3.26. The fraction of sp³-hybridized carbons (Fsp3) is 0.286. The van der Waals surface area contributed by atoms with Crippen molar-refractivity contribution >= 4 is 39.7 Å². The van der Waals surface area contributed by atoms with Crippen LogP contribution >= 0.6 is 11.8 Å². The van der Waals surface area contributed by atoms with Gasteiger partial charge in [0, 0.05) is 23.4 Å². The Balaban J connectivity index is 1.45. The van der Waals surface area contributed by atoms with Gasteiger partial charge in [0.25, 0.3) is 0 Å². The Morgan fingerprint density at radius 2 is 1.97 bits per heavy atom. The molecule has 9 nitrogen and oxygen atoms in total. The molecule has 158 valence electrons. The lowest BCUT2D eigenvalue weighted by Crippen LogP contribution is -2.35. The molecule has 4 aromatic rings. The molecule has 0 saturated carbocycles. The minimum Gasteiger partial charge on any atom is -0.411 e. The van der Waals surface area contributed by atoms with Gasteiger partial charge in [-0.2, -0.15) is 9.61 Å². The molecular weight excluding hydrogens is 414 g/mol. The fourth-order valence-electron chi connectivity index (χ4n) is 3.64. The van der Waals surface area contributed by atoms with E-state index >= 15 is 0 Å². The zero-order chi connectivity index (χ0) is 21.4. The summed E-state index contributed by atoms with van der Waals surface area (Å²) >= 11 is 1.46. The number of aliphatic hydroxyl groups excluding tert-OH is 1. The predicted octanol–water partition coefficient (Wildman–Crippen LogP) is 2.98. The van der Waals surface area contributed by atoms with Crippen LogP contribution < -0.4 is 4.90 Å². The van der Waals surface area contributed by atoms with Gasteiger partial charge in [0.2, 0.25) is 5.16 Å². The van der Waals surface area contributed by atoms with Crippen LogP contribution in [0.15, 0.2) is 57.8 Å². The number of pyridine rings is 1. The maximum atomic E-state index is 9.76. The smallest absolute Gasteiger partial charge is 0.217 e. The minimum absolute atomic E-state index is 0.202. The number of nitrogens with zero attached hydrogens (tertiary/aromatic N) is 7. The van der Waals surface area contributed by atoms with Crippen LogP contribution in [-0.4, -0.2) is 60.0 Å². The Morgan fingerprint density at radius 1 is 1.13 bits per heavy atom. The monoisotopic (exact) mass is 435 g/mol. The van der Waals surface area contributed by atoms with Gasteiger partial charge in [0.15, 0.2) is 5.65 Å². The van der Waals surface area contributed by atoms with E-state index in [1.165, 1.54) is 11.8 Å². The number of aliphatic hydroxyl groups is 1. The molecule has 1 aromatic carbocycles. The molecule has 3 aromatic heterocycles. The average molecular weight is 436 g/mol. The molecule has 10 heteroatoms. The molecule has 0 amide bonds. The molecule has 1 fully saturated rings. The number of benzene rings is 1. The molecule has 0 unspecified atom stereocenters. The first-order valence-electron chi connectivity index (χ1n) is 10.0. The van der Waals surface area contributed by atoms with E-state index in [0.29, 0.717) is 22.2 Å². The van der Waals surface area contributed by atoms with E-state index in [9.17, 15) is 5.11 Å². The van der Waals surface area contributed by atoms with Gasteiger partial charge >= 0.3 is 0 Å². The third-order valence-corrected chi connectivity index (χ3v) is 6.36. The summed E-state index contributed by atoms with van der Waals surface area (Å²) in [6.45, 7) is 3.35. The Kier molecular flexibility index (Phi) is 5.16. The van der Waals surface area contributed by atoms with Crippen LogP contribution in [0, 0.1) is 0 Å². The van der Waals surface area contributed by atoms with Gasteiger partial charge in [0.1, 0.15) is 11.4 Å². The van der Waals surface area contributed by atoms with Gasteiger partial charge in [0.05, 0.1) is 23.5 Å². The molecule has 0 bridgehead atoms. The zero-order valence-electron chi connectivity index (χ0n) is 16.9. The third kappa shape index (κ3) is 3.91. The number of oxime groups is 1. The molecule has 4 heterocycles. The van der Waals surface area contributed by atoms with Crippen molar-refractivity contribution in [3.8, 4) is 0 Å². The molecule has 2 N–H and O–H groups in total. The number of rotatable bonds is 4. The molecule has 0 atom stereocenters. The first-order chi connectivity index (χ1) is 15.1. The van der Waals surface area contributed by atoms with Crippen LogP contribution in [0.2, 0.25) is 0 Å². The van der Waals surface area contributed by atoms with Crippen LogP contribution in [0.4, 0.5) is 5.69 Å². The predicted molar refractivity (Wildman–Crippen MR) is 118 cm³/mol. The summed E-state index contributed by atoms with van der Waals surface area (Å²) in [5.74, 6) is 0. The topological polar surface area (TPSA) is 112 Å². The van der Waals surface area contributed by atoms with Crippen molar-refractivity contribution in [3.63, 3.8) is 0 Å². The second-order valence-corrected chi connectivity index (χ2v) is 8.57. The van der Waals surface area contributed by atoms with Crippen LogP contribution in [0.1, 0.15) is 25.5 Å². The van der Waals surface area contributed by atoms with Crippen LogP contribution in [0.25, 0.3) is 16.6 Å². The maximum Gasteiger partial charge on any atom is 0.217 e. The SMILES string of the molecule is C/C(=N/O)c1ccc2nnc(Sc3ccc4ncc(N5CCC(O)CC5)cc4c3)n2n1. The number of hydrogen-bond acceptors (Lipinski definition) is 9. The lowest BCUT2D eigenvalue weighted by atomic mass is 10.1. The van der Waals surface area contributed by atoms with E-state index in [1.807, 2.05) is 18.3 Å². The Morgan fingerprint density at radius 3 is 2.77 bits per heavy atom. The van der Waals surface area contributed by atoms with Crippen molar-refractivity contribution in [2.75, 3.05) is 18.0 Å². The number of anilines is 1. The highest BCUT2D eigenvalue weighted by molar-refractivity contribution is 7.99. The van der Waals surface area contributed by atoms with E-state index in [1.54, 1.807) is 23.6 Å².